The molecule has 1 amide bonds. The number of nitrogens with one attached hydrogen (secondary N) is 1. The Morgan fingerprint density at radius 1 is 0.824 bits per heavy atom. The Hall–Kier alpha value is -4.03. The van der Waals surface area contributed by atoms with Crippen molar-refractivity contribution in [3.05, 3.63) is 115 Å². The van der Waals surface area contributed by atoms with Crippen molar-refractivity contribution in [3.63, 3.8) is 0 Å². The lowest BCUT2D eigenvalue weighted by Gasteiger charge is -2.13. The molecule has 2 aromatic heterocycles. The third-order valence-corrected chi connectivity index (χ3v) is 6.26. The zero-order valence-corrected chi connectivity index (χ0v) is 19.2. The van der Waals surface area contributed by atoms with Gasteiger partial charge in [-0.15, -0.1) is 0 Å². The average Bonchev–Trinajstić information content (AvgIpc) is 3.57. The van der Waals surface area contributed by atoms with Crippen molar-refractivity contribution in [2.24, 2.45) is 0 Å². The minimum Gasteiger partial charge on any atom is -0.459 e. The molecule has 6 heteroatoms. The second-order valence-corrected chi connectivity index (χ2v) is 8.64. The summed E-state index contributed by atoms with van der Waals surface area (Å²) < 4.78 is 7.37. The van der Waals surface area contributed by atoms with E-state index < -0.39 is 0 Å². The number of thioether (sulfide) groups is 1. The first kappa shape index (κ1) is 21.8. The lowest BCUT2D eigenvalue weighted by molar-refractivity contribution is 0.0928. The van der Waals surface area contributed by atoms with Crippen molar-refractivity contribution in [1.82, 2.24) is 14.9 Å². The molecule has 1 N–H and O–H groups in total. The van der Waals surface area contributed by atoms with Gasteiger partial charge in [0.1, 0.15) is 0 Å². The Bertz CT molecular complexity index is 1350. The Morgan fingerprint density at radius 2 is 1.47 bits per heavy atom. The van der Waals surface area contributed by atoms with Crippen LogP contribution in [-0.2, 0) is 0 Å². The van der Waals surface area contributed by atoms with Gasteiger partial charge in [0.15, 0.2) is 10.9 Å². The van der Waals surface area contributed by atoms with Gasteiger partial charge in [0.25, 0.3) is 5.91 Å². The number of furan rings is 1. The Morgan fingerprint density at radius 3 is 2.12 bits per heavy atom. The smallest absolute Gasteiger partial charge is 0.287 e. The third kappa shape index (κ3) is 4.67. The highest BCUT2D eigenvalue weighted by Crippen LogP contribution is 2.38. The average molecular weight is 466 g/mol. The number of nitrogens with zero attached hydrogens (tertiary/aromatic N) is 2. The second-order valence-electron chi connectivity index (χ2n) is 7.58. The molecule has 3 aromatic carbocycles. The van der Waals surface area contributed by atoms with Crippen LogP contribution in [0.4, 0.5) is 0 Å². The molecule has 0 saturated carbocycles. The van der Waals surface area contributed by atoms with E-state index in [0.717, 1.165) is 33.4 Å². The number of hydrogen-bond acceptors (Lipinski definition) is 4. The van der Waals surface area contributed by atoms with Gasteiger partial charge in [-0.05, 0) is 24.3 Å². The van der Waals surface area contributed by atoms with Gasteiger partial charge in [-0.2, -0.15) is 0 Å². The predicted octanol–water partition coefficient (Wildman–Crippen LogP) is 6.32. The predicted molar refractivity (Wildman–Crippen MR) is 136 cm³/mol. The van der Waals surface area contributed by atoms with Gasteiger partial charge in [0, 0.05) is 29.1 Å². The summed E-state index contributed by atoms with van der Waals surface area (Å²) in [4.78, 5) is 17.3. The largest absolute Gasteiger partial charge is 0.459 e. The van der Waals surface area contributed by atoms with E-state index in [1.54, 1.807) is 23.9 Å². The molecule has 0 spiro atoms. The Balaban J connectivity index is 1.51. The van der Waals surface area contributed by atoms with E-state index in [2.05, 4.69) is 46.3 Å². The second kappa shape index (κ2) is 10.3. The van der Waals surface area contributed by atoms with E-state index in [9.17, 15) is 4.79 Å². The van der Waals surface area contributed by atoms with Gasteiger partial charge in [0.2, 0.25) is 0 Å². The number of carbonyl (C=O) groups is 1. The number of carbonyl (C=O) groups excluding carboxylic acids is 1. The molecule has 5 nitrogen and oxygen atoms in total. The zero-order chi connectivity index (χ0) is 23.2. The molecule has 168 valence electrons. The molecule has 5 aromatic rings. The maximum absolute atomic E-state index is 12.2. The van der Waals surface area contributed by atoms with Crippen LogP contribution in [-0.4, -0.2) is 27.8 Å². The molecular formula is C28H23N3O2S. The summed E-state index contributed by atoms with van der Waals surface area (Å²) in [5.74, 6) is 0.763. The number of aromatic nitrogens is 2. The molecule has 5 rings (SSSR count). The normalized spacial score (nSPS) is 10.8. The number of hydrogen-bond donors (Lipinski definition) is 1. The van der Waals surface area contributed by atoms with E-state index in [1.165, 1.54) is 6.26 Å². The molecule has 0 aliphatic carbocycles. The highest BCUT2D eigenvalue weighted by Gasteiger charge is 2.21. The van der Waals surface area contributed by atoms with Crippen LogP contribution in [0.15, 0.2) is 119 Å². The summed E-state index contributed by atoms with van der Waals surface area (Å²) >= 11 is 1.61. The summed E-state index contributed by atoms with van der Waals surface area (Å²) in [6, 6.07) is 34.2. The van der Waals surface area contributed by atoms with Gasteiger partial charge >= 0.3 is 0 Å². The van der Waals surface area contributed by atoms with Crippen LogP contribution < -0.4 is 5.32 Å². The molecule has 34 heavy (non-hydrogen) atoms. The summed E-state index contributed by atoms with van der Waals surface area (Å²) in [7, 11) is 0. The molecule has 2 heterocycles. The fourth-order valence-corrected chi connectivity index (χ4v) is 4.64. The lowest BCUT2D eigenvalue weighted by Crippen LogP contribution is -2.25. The number of para-hydroxylation sites is 1. The quantitative estimate of drug-likeness (QED) is 0.215. The summed E-state index contributed by atoms with van der Waals surface area (Å²) in [5.41, 5.74) is 5.16. The van der Waals surface area contributed by atoms with Gasteiger partial charge in [-0.1, -0.05) is 90.6 Å². The van der Waals surface area contributed by atoms with Crippen LogP contribution in [0.25, 0.3) is 28.2 Å². The van der Waals surface area contributed by atoms with Crippen molar-refractivity contribution >= 4 is 17.7 Å². The monoisotopic (exact) mass is 465 g/mol. The van der Waals surface area contributed by atoms with Crippen LogP contribution in [0.3, 0.4) is 0 Å². The molecule has 0 saturated heterocycles. The minimum atomic E-state index is -0.216. The van der Waals surface area contributed by atoms with Crippen LogP contribution in [0.2, 0.25) is 0 Å². The fraction of sp³-hybridized carbons (Fsp3) is 0.0714. The van der Waals surface area contributed by atoms with Crippen molar-refractivity contribution in [2.45, 2.75) is 5.16 Å². The maximum atomic E-state index is 12.2. The topological polar surface area (TPSA) is 60.1 Å². The van der Waals surface area contributed by atoms with Crippen LogP contribution in [0, 0.1) is 0 Å². The van der Waals surface area contributed by atoms with E-state index >= 15 is 0 Å². The third-order valence-electron chi connectivity index (χ3n) is 5.32. The lowest BCUT2D eigenvalue weighted by atomic mass is 10.0. The Kier molecular flexibility index (Phi) is 6.59. The molecular weight excluding hydrogens is 442 g/mol. The number of amides is 1. The van der Waals surface area contributed by atoms with Crippen LogP contribution in [0.1, 0.15) is 10.6 Å². The zero-order valence-electron chi connectivity index (χ0n) is 18.4. The maximum Gasteiger partial charge on any atom is 0.287 e. The van der Waals surface area contributed by atoms with Crippen molar-refractivity contribution in [2.75, 3.05) is 12.3 Å². The Labute approximate surface area is 202 Å². The van der Waals surface area contributed by atoms with Crippen LogP contribution >= 0.6 is 11.8 Å². The summed E-state index contributed by atoms with van der Waals surface area (Å²) in [6.45, 7) is 0.493. The van der Waals surface area contributed by atoms with Gasteiger partial charge in [0.05, 0.1) is 17.7 Å². The first-order valence-electron chi connectivity index (χ1n) is 11.0. The highest BCUT2D eigenvalue weighted by atomic mass is 32.2. The minimum absolute atomic E-state index is 0.216. The van der Waals surface area contributed by atoms with E-state index in [-0.39, 0.29) is 5.91 Å². The molecule has 0 atom stereocenters. The fourth-order valence-electron chi connectivity index (χ4n) is 3.77. The van der Waals surface area contributed by atoms with Gasteiger partial charge < -0.3 is 9.73 Å². The molecule has 0 fully saturated rings. The van der Waals surface area contributed by atoms with Gasteiger partial charge in [-0.25, -0.2) is 4.98 Å². The van der Waals surface area contributed by atoms with Crippen molar-refractivity contribution in [3.8, 4) is 28.2 Å². The molecule has 0 aliphatic rings. The van der Waals surface area contributed by atoms with Gasteiger partial charge in [-0.3, -0.25) is 9.36 Å². The number of imidazole rings is 1. The van der Waals surface area contributed by atoms with Crippen LogP contribution in [0.5, 0.6) is 0 Å². The SMILES string of the molecule is O=C(NCCSc1nc(-c2ccccc2)c(-c2ccccc2)n1-c1ccccc1)c1ccco1. The number of benzene rings is 3. The highest BCUT2D eigenvalue weighted by molar-refractivity contribution is 7.99. The summed E-state index contributed by atoms with van der Waals surface area (Å²) in [6.07, 6.45) is 1.50. The standard InChI is InChI=1S/C28H23N3O2S/c32-27(24-17-10-19-33-24)29-18-20-34-28-30-25(21-11-4-1-5-12-21)26(22-13-6-2-7-14-22)31(28)23-15-8-3-9-16-23/h1-17,19H,18,20H2,(H,29,32). The van der Waals surface area contributed by atoms with Crippen molar-refractivity contribution in [1.29, 1.82) is 0 Å². The molecule has 0 unspecified atom stereocenters. The van der Waals surface area contributed by atoms with E-state index in [0.29, 0.717) is 18.1 Å². The summed E-state index contributed by atoms with van der Waals surface area (Å²) in [5, 5.41) is 3.78. The molecule has 0 bridgehead atoms. The first-order valence-corrected chi connectivity index (χ1v) is 12.0. The number of rotatable bonds is 8. The molecule has 0 aliphatic heterocycles. The first-order chi connectivity index (χ1) is 16.8. The van der Waals surface area contributed by atoms with E-state index in [4.69, 9.17) is 9.40 Å². The molecule has 0 radical (unpaired) electrons. The van der Waals surface area contributed by atoms with E-state index in [1.807, 2.05) is 54.6 Å². The van der Waals surface area contributed by atoms with Crippen molar-refractivity contribution < 1.29 is 9.21 Å².